The Morgan fingerprint density at radius 3 is 2.48 bits per heavy atom. The molecule has 2 aromatic carbocycles. The van der Waals surface area contributed by atoms with Gasteiger partial charge in [-0.25, -0.2) is 10.2 Å². The minimum absolute atomic E-state index is 0.119. The molecular formula is C17H16BFN2O4. The van der Waals surface area contributed by atoms with Crippen molar-refractivity contribution >= 4 is 24.3 Å². The second kappa shape index (κ2) is 6.40. The number of nitrogens with one attached hydrogen (secondary N) is 1. The van der Waals surface area contributed by atoms with Gasteiger partial charge in [0.25, 0.3) is 5.91 Å². The molecule has 0 saturated heterocycles. The van der Waals surface area contributed by atoms with E-state index in [2.05, 4.69) is 0 Å². The summed E-state index contributed by atoms with van der Waals surface area (Å²) in [6, 6.07) is 7.77. The molecule has 0 bridgehead atoms. The van der Waals surface area contributed by atoms with E-state index in [1.54, 1.807) is 12.1 Å². The first kappa shape index (κ1) is 17.3. The molecule has 3 rings (SSSR count). The minimum Gasteiger partial charge on any atom is -0.423 e. The van der Waals surface area contributed by atoms with Crippen LogP contribution in [0.15, 0.2) is 30.3 Å². The Balaban J connectivity index is 2.09. The van der Waals surface area contributed by atoms with Gasteiger partial charge in [0.15, 0.2) is 5.78 Å². The number of amides is 1. The van der Waals surface area contributed by atoms with Gasteiger partial charge in [0, 0.05) is 11.1 Å². The number of carbonyl (C=O) groups excluding carboxylic acids is 2. The molecule has 1 unspecified atom stereocenters. The summed E-state index contributed by atoms with van der Waals surface area (Å²) in [4.78, 5) is 24.5. The second-order valence-electron chi connectivity index (χ2n) is 6.01. The van der Waals surface area contributed by atoms with Gasteiger partial charge in [-0.3, -0.25) is 15.0 Å². The molecule has 25 heavy (non-hydrogen) atoms. The quantitative estimate of drug-likeness (QED) is 0.250. The highest BCUT2D eigenvalue weighted by molar-refractivity contribution is 6.62. The van der Waals surface area contributed by atoms with Gasteiger partial charge in [-0.05, 0) is 37.5 Å². The van der Waals surface area contributed by atoms with Crippen LogP contribution in [0.3, 0.4) is 0 Å². The van der Waals surface area contributed by atoms with E-state index in [1.807, 2.05) is 25.3 Å². The zero-order chi connectivity index (χ0) is 18.3. The maximum absolute atomic E-state index is 14.8. The molecule has 0 fully saturated rings. The van der Waals surface area contributed by atoms with Crippen LogP contribution in [0.1, 0.15) is 43.5 Å². The predicted molar refractivity (Wildman–Crippen MR) is 89.7 cm³/mol. The van der Waals surface area contributed by atoms with Crippen LogP contribution < -0.4 is 16.7 Å². The summed E-state index contributed by atoms with van der Waals surface area (Å²) >= 11 is 0. The van der Waals surface area contributed by atoms with Crippen LogP contribution >= 0.6 is 0 Å². The highest BCUT2D eigenvalue weighted by Crippen LogP contribution is 2.31. The fourth-order valence-corrected chi connectivity index (χ4v) is 3.07. The smallest absolute Gasteiger partial charge is 0.423 e. The van der Waals surface area contributed by atoms with Gasteiger partial charge >= 0.3 is 7.12 Å². The Morgan fingerprint density at radius 1 is 1.24 bits per heavy atom. The van der Waals surface area contributed by atoms with Gasteiger partial charge in [-0.15, -0.1) is 0 Å². The standard InChI is InChI=1S/C17H16BFN2O4/c1-8-5-9(2)7-10(6-8)15(22)16-13-12(18(24)25-16)4-3-11(14(13)19)17(23)21-20/h3-7,16,24H,20H2,1-2H3,(H,21,23). The summed E-state index contributed by atoms with van der Waals surface area (Å²) in [7, 11) is -1.45. The van der Waals surface area contributed by atoms with E-state index in [4.69, 9.17) is 10.5 Å². The SMILES string of the molecule is Cc1cc(C)cc(C(=O)C2OB(O)c3ccc(C(=O)NN)c(F)c32)c1. The van der Waals surface area contributed by atoms with Crippen molar-refractivity contribution in [1.82, 2.24) is 5.43 Å². The first-order chi connectivity index (χ1) is 11.8. The average molecular weight is 342 g/mol. The fourth-order valence-electron chi connectivity index (χ4n) is 3.07. The van der Waals surface area contributed by atoms with Crippen LogP contribution in [-0.4, -0.2) is 23.8 Å². The summed E-state index contributed by atoms with van der Waals surface area (Å²) in [6.07, 6.45) is -1.34. The third kappa shape index (κ3) is 2.95. The van der Waals surface area contributed by atoms with Crippen molar-refractivity contribution in [3.63, 3.8) is 0 Å². The van der Waals surface area contributed by atoms with Crippen LogP contribution in [0.4, 0.5) is 4.39 Å². The van der Waals surface area contributed by atoms with Crippen molar-refractivity contribution in [1.29, 1.82) is 0 Å². The number of nitrogens with two attached hydrogens (primary N) is 1. The van der Waals surface area contributed by atoms with E-state index >= 15 is 0 Å². The molecule has 1 heterocycles. The molecule has 6 nitrogen and oxygen atoms in total. The van der Waals surface area contributed by atoms with E-state index < -0.39 is 30.7 Å². The molecule has 4 N–H and O–H groups in total. The molecule has 0 saturated carbocycles. The fraction of sp³-hybridized carbons (Fsp3) is 0.176. The zero-order valence-corrected chi connectivity index (χ0v) is 13.7. The normalized spacial score (nSPS) is 15.9. The second-order valence-corrected chi connectivity index (χ2v) is 6.01. The Morgan fingerprint density at radius 2 is 1.88 bits per heavy atom. The molecule has 8 heteroatoms. The number of carbonyl (C=O) groups is 2. The topological polar surface area (TPSA) is 102 Å². The minimum atomic E-state index is -1.45. The van der Waals surface area contributed by atoms with Crippen molar-refractivity contribution in [2.24, 2.45) is 5.84 Å². The highest BCUT2D eigenvalue weighted by atomic mass is 19.1. The lowest BCUT2D eigenvalue weighted by atomic mass is 9.78. The maximum atomic E-state index is 14.8. The van der Waals surface area contributed by atoms with Crippen LogP contribution in [0.5, 0.6) is 0 Å². The summed E-state index contributed by atoms with van der Waals surface area (Å²) in [5.74, 6) is 2.79. The van der Waals surface area contributed by atoms with Crippen molar-refractivity contribution in [3.05, 3.63) is 64.0 Å². The Kier molecular flexibility index (Phi) is 4.42. The van der Waals surface area contributed by atoms with Gasteiger partial charge in [-0.1, -0.05) is 23.3 Å². The molecular weight excluding hydrogens is 326 g/mol. The zero-order valence-electron chi connectivity index (χ0n) is 13.7. The van der Waals surface area contributed by atoms with E-state index in [0.29, 0.717) is 5.56 Å². The largest absolute Gasteiger partial charge is 0.492 e. The summed E-state index contributed by atoms with van der Waals surface area (Å²) in [5, 5.41) is 10.0. The first-order valence-electron chi connectivity index (χ1n) is 7.62. The number of ketones is 1. The lowest BCUT2D eigenvalue weighted by molar-refractivity contribution is 0.0775. The number of hydrazine groups is 1. The van der Waals surface area contributed by atoms with Crippen LogP contribution in [-0.2, 0) is 4.65 Å². The van der Waals surface area contributed by atoms with Gasteiger partial charge in [0.05, 0.1) is 5.56 Å². The molecule has 128 valence electrons. The number of rotatable bonds is 3. The molecule has 0 aromatic heterocycles. The highest BCUT2D eigenvalue weighted by Gasteiger charge is 2.42. The number of nitrogen functional groups attached to an aromatic ring is 1. The lowest BCUT2D eigenvalue weighted by Crippen LogP contribution is -2.33. The average Bonchev–Trinajstić information content (AvgIpc) is 2.90. The predicted octanol–water partition coefficient (Wildman–Crippen LogP) is 0.688. The molecule has 0 aliphatic carbocycles. The summed E-state index contributed by atoms with van der Waals surface area (Å²) in [5.41, 5.74) is 3.60. The number of halogens is 1. The van der Waals surface area contributed by atoms with Crippen molar-refractivity contribution in [2.75, 3.05) is 0 Å². The molecule has 0 radical (unpaired) electrons. The Bertz CT molecular complexity index is 867. The number of hydrogen-bond donors (Lipinski definition) is 3. The van der Waals surface area contributed by atoms with Gasteiger partial charge < -0.3 is 9.68 Å². The van der Waals surface area contributed by atoms with Crippen molar-refractivity contribution in [2.45, 2.75) is 20.0 Å². The van der Waals surface area contributed by atoms with Gasteiger partial charge in [0.1, 0.15) is 11.9 Å². The summed E-state index contributed by atoms with van der Waals surface area (Å²) < 4.78 is 20.1. The summed E-state index contributed by atoms with van der Waals surface area (Å²) in [6.45, 7) is 3.68. The van der Waals surface area contributed by atoms with E-state index in [9.17, 15) is 19.0 Å². The third-order valence-electron chi connectivity index (χ3n) is 4.13. The van der Waals surface area contributed by atoms with E-state index in [-0.39, 0.29) is 16.6 Å². The molecule has 1 aliphatic heterocycles. The Hall–Kier alpha value is -2.55. The molecule has 1 aliphatic rings. The molecule has 0 spiro atoms. The number of aryl methyl sites for hydroxylation is 2. The van der Waals surface area contributed by atoms with E-state index in [1.165, 1.54) is 12.1 Å². The number of hydrogen-bond acceptors (Lipinski definition) is 5. The van der Waals surface area contributed by atoms with Crippen molar-refractivity contribution < 1.29 is 23.7 Å². The molecule has 2 aromatic rings. The lowest BCUT2D eigenvalue weighted by Gasteiger charge is -2.14. The van der Waals surface area contributed by atoms with Crippen LogP contribution in [0.25, 0.3) is 0 Å². The van der Waals surface area contributed by atoms with Crippen LogP contribution in [0, 0.1) is 19.7 Å². The number of benzene rings is 2. The first-order valence-corrected chi connectivity index (χ1v) is 7.62. The number of fused-ring (bicyclic) bond motifs is 1. The molecule has 1 atom stereocenters. The third-order valence-corrected chi connectivity index (χ3v) is 4.13. The van der Waals surface area contributed by atoms with E-state index in [0.717, 1.165) is 11.1 Å². The Labute approximate surface area is 143 Å². The van der Waals surface area contributed by atoms with Crippen molar-refractivity contribution in [3.8, 4) is 0 Å². The van der Waals surface area contributed by atoms with Crippen LogP contribution in [0.2, 0.25) is 0 Å². The van der Waals surface area contributed by atoms with Gasteiger partial charge in [0.2, 0.25) is 0 Å². The number of Topliss-reactive ketones (excluding diaryl/α,β-unsaturated/α-hetero) is 1. The molecule has 1 amide bonds. The monoisotopic (exact) mass is 342 g/mol. The maximum Gasteiger partial charge on any atom is 0.492 e. The van der Waals surface area contributed by atoms with Gasteiger partial charge in [-0.2, -0.15) is 0 Å².